The second-order valence-electron chi connectivity index (χ2n) is 7.87. The van der Waals surface area contributed by atoms with Gasteiger partial charge in [0.25, 0.3) is 5.91 Å². The summed E-state index contributed by atoms with van der Waals surface area (Å²) in [6, 6.07) is 7.40. The first-order chi connectivity index (χ1) is 13.5. The zero-order valence-electron chi connectivity index (χ0n) is 15.8. The lowest BCUT2D eigenvalue weighted by Crippen LogP contribution is -2.38. The first kappa shape index (κ1) is 18.7. The molecule has 4 rings (SSSR count). The van der Waals surface area contributed by atoms with Crippen molar-refractivity contribution in [2.45, 2.75) is 32.6 Å². The van der Waals surface area contributed by atoms with Crippen molar-refractivity contribution in [1.29, 1.82) is 0 Å². The largest absolute Gasteiger partial charge is 0.454 e. The van der Waals surface area contributed by atoms with E-state index in [-0.39, 0.29) is 35.5 Å². The molecule has 1 aliphatic heterocycles. The predicted molar refractivity (Wildman–Crippen MR) is 99.9 cm³/mol. The normalized spacial score (nSPS) is 27.8. The fraction of sp³-hybridized carbons (Fsp3) is 0.524. The lowest BCUT2D eigenvalue weighted by Gasteiger charge is -2.19. The van der Waals surface area contributed by atoms with Gasteiger partial charge >= 0.3 is 5.97 Å². The summed E-state index contributed by atoms with van der Waals surface area (Å²) in [5.41, 5.74) is 1.66. The fourth-order valence-corrected chi connectivity index (χ4v) is 5.08. The molecule has 1 saturated heterocycles. The third kappa shape index (κ3) is 3.19. The standard InChI is InChI=1S/C21H24N2O5/c1-2-12-5-3-4-6-15(12)22-16(24)11-28-17(25)10-23-20(26)18-13-7-8-14(9-13)19(18)21(23)27/h3-6,13-14,18-19H,2,7-11H2,1H3,(H,22,24)/t13-,14-,18-,19-/m0/s1. The van der Waals surface area contributed by atoms with Crippen LogP contribution in [-0.2, 0) is 30.3 Å². The number of benzene rings is 1. The third-order valence-electron chi connectivity index (χ3n) is 6.34. The fourth-order valence-electron chi connectivity index (χ4n) is 5.08. The lowest BCUT2D eigenvalue weighted by atomic mass is 9.81. The van der Waals surface area contributed by atoms with E-state index in [1.54, 1.807) is 6.07 Å². The summed E-state index contributed by atoms with van der Waals surface area (Å²) in [4.78, 5) is 50.4. The number of ether oxygens (including phenoxy) is 1. The average molecular weight is 384 g/mol. The molecule has 3 aliphatic rings. The number of hydrogen-bond donors (Lipinski definition) is 1. The molecule has 148 valence electrons. The molecule has 4 atom stereocenters. The van der Waals surface area contributed by atoms with E-state index in [0.29, 0.717) is 5.69 Å². The SMILES string of the molecule is CCc1ccccc1NC(=O)COC(=O)CN1C(=O)[C@H]2[C@H]3CC[C@@H](C3)[C@@H]2C1=O. The summed E-state index contributed by atoms with van der Waals surface area (Å²) < 4.78 is 5.00. The maximum Gasteiger partial charge on any atom is 0.326 e. The zero-order valence-corrected chi connectivity index (χ0v) is 15.8. The van der Waals surface area contributed by atoms with Gasteiger partial charge in [-0.3, -0.25) is 24.1 Å². The Labute approximate surface area is 163 Å². The number of rotatable bonds is 6. The van der Waals surface area contributed by atoms with Gasteiger partial charge in [-0.1, -0.05) is 25.1 Å². The molecular formula is C21H24N2O5. The first-order valence-electron chi connectivity index (χ1n) is 9.88. The van der Waals surface area contributed by atoms with Crippen molar-refractivity contribution < 1.29 is 23.9 Å². The van der Waals surface area contributed by atoms with Crippen LogP contribution in [0, 0.1) is 23.7 Å². The van der Waals surface area contributed by atoms with Crippen LogP contribution in [0.15, 0.2) is 24.3 Å². The van der Waals surface area contributed by atoms with Gasteiger partial charge in [0.2, 0.25) is 11.8 Å². The molecule has 2 aliphatic carbocycles. The molecule has 2 bridgehead atoms. The van der Waals surface area contributed by atoms with Crippen molar-refractivity contribution >= 4 is 29.4 Å². The van der Waals surface area contributed by atoms with Gasteiger partial charge in [-0.25, -0.2) is 0 Å². The molecule has 28 heavy (non-hydrogen) atoms. The van der Waals surface area contributed by atoms with Crippen molar-refractivity contribution in [3.05, 3.63) is 29.8 Å². The highest BCUT2D eigenvalue weighted by Crippen LogP contribution is 2.56. The summed E-state index contributed by atoms with van der Waals surface area (Å²) in [6.45, 7) is 1.12. The molecule has 2 saturated carbocycles. The molecule has 1 N–H and O–H groups in total. The number of imide groups is 1. The molecule has 0 spiro atoms. The van der Waals surface area contributed by atoms with Crippen molar-refractivity contribution in [2.75, 3.05) is 18.5 Å². The van der Waals surface area contributed by atoms with Gasteiger partial charge < -0.3 is 10.1 Å². The van der Waals surface area contributed by atoms with Crippen LogP contribution >= 0.6 is 0 Å². The first-order valence-corrected chi connectivity index (χ1v) is 9.88. The number of esters is 1. The number of carbonyl (C=O) groups is 4. The van der Waals surface area contributed by atoms with Gasteiger partial charge in [0.15, 0.2) is 6.61 Å². The average Bonchev–Trinajstić information content (AvgIpc) is 3.37. The molecule has 7 heteroatoms. The van der Waals surface area contributed by atoms with Crippen LogP contribution in [0.2, 0.25) is 0 Å². The van der Waals surface area contributed by atoms with Crippen molar-refractivity contribution in [2.24, 2.45) is 23.7 Å². The minimum Gasteiger partial charge on any atom is -0.454 e. The van der Waals surface area contributed by atoms with E-state index >= 15 is 0 Å². The van der Waals surface area contributed by atoms with E-state index in [0.717, 1.165) is 36.1 Å². The van der Waals surface area contributed by atoms with Crippen LogP contribution < -0.4 is 5.32 Å². The highest BCUT2D eigenvalue weighted by molar-refractivity contribution is 6.08. The van der Waals surface area contributed by atoms with E-state index < -0.39 is 25.0 Å². The van der Waals surface area contributed by atoms with Crippen molar-refractivity contribution in [3.8, 4) is 0 Å². The quantitative estimate of drug-likeness (QED) is 0.596. The number of carbonyl (C=O) groups excluding carboxylic acids is 4. The molecule has 1 heterocycles. The topological polar surface area (TPSA) is 92.8 Å². The lowest BCUT2D eigenvalue weighted by molar-refractivity contribution is -0.154. The van der Waals surface area contributed by atoms with Gasteiger partial charge in [0.05, 0.1) is 11.8 Å². The molecule has 0 aromatic heterocycles. The summed E-state index contributed by atoms with van der Waals surface area (Å²) in [7, 11) is 0. The molecule has 0 radical (unpaired) electrons. The molecule has 1 aromatic carbocycles. The van der Waals surface area contributed by atoms with Crippen LogP contribution in [0.25, 0.3) is 0 Å². The van der Waals surface area contributed by atoms with Gasteiger partial charge in [0, 0.05) is 5.69 Å². The van der Waals surface area contributed by atoms with E-state index in [1.165, 1.54) is 0 Å². The van der Waals surface area contributed by atoms with Crippen LogP contribution in [0.3, 0.4) is 0 Å². The Morgan fingerprint density at radius 2 is 1.75 bits per heavy atom. The maximum absolute atomic E-state index is 12.6. The van der Waals surface area contributed by atoms with E-state index in [9.17, 15) is 19.2 Å². The predicted octanol–water partition coefficient (Wildman–Crippen LogP) is 1.76. The van der Waals surface area contributed by atoms with E-state index in [4.69, 9.17) is 4.74 Å². The Morgan fingerprint density at radius 3 is 2.39 bits per heavy atom. The number of nitrogens with zero attached hydrogens (tertiary/aromatic N) is 1. The third-order valence-corrected chi connectivity index (χ3v) is 6.34. The Bertz CT molecular complexity index is 808. The summed E-state index contributed by atoms with van der Waals surface area (Å²) in [5, 5.41) is 2.72. The smallest absolute Gasteiger partial charge is 0.326 e. The minimum absolute atomic E-state index is 0.250. The Balaban J connectivity index is 1.30. The number of aryl methyl sites for hydroxylation is 1. The van der Waals surface area contributed by atoms with E-state index in [1.807, 2.05) is 25.1 Å². The van der Waals surface area contributed by atoms with E-state index in [2.05, 4.69) is 5.32 Å². The molecule has 1 aromatic rings. The maximum atomic E-state index is 12.6. The van der Waals surface area contributed by atoms with Gasteiger partial charge in [-0.05, 0) is 49.1 Å². The Morgan fingerprint density at radius 1 is 1.11 bits per heavy atom. The van der Waals surface area contributed by atoms with Crippen LogP contribution in [0.4, 0.5) is 5.69 Å². The molecule has 0 unspecified atom stereocenters. The Hall–Kier alpha value is -2.70. The number of nitrogens with one attached hydrogen (secondary N) is 1. The van der Waals surface area contributed by atoms with Crippen LogP contribution in [0.5, 0.6) is 0 Å². The summed E-state index contributed by atoms with van der Waals surface area (Å²) in [6.07, 6.45) is 3.69. The van der Waals surface area contributed by atoms with Gasteiger partial charge in [-0.2, -0.15) is 0 Å². The van der Waals surface area contributed by atoms with Crippen molar-refractivity contribution in [3.63, 3.8) is 0 Å². The monoisotopic (exact) mass is 384 g/mol. The number of anilines is 1. The van der Waals surface area contributed by atoms with Crippen LogP contribution in [-0.4, -0.2) is 41.7 Å². The van der Waals surface area contributed by atoms with Gasteiger partial charge in [-0.15, -0.1) is 0 Å². The summed E-state index contributed by atoms with van der Waals surface area (Å²) >= 11 is 0. The van der Waals surface area contributed by atoms with Gasteiger partial charge in [0.1, 0.15) is 6.54 Å². The minimum atomic E-state index is -0.743. The number of amides is 3. The number of hydrogen-bond acceptors (Lipinski definition) is 5. The number of likely N-dealkylation sites (tertiary alicyclic amines) is 1. The Kier molecular flexibility index (Phi) is 4.91. The molecule has 7 nitrogen and oxygen atoms in total. The molecule has 3 amide bonds. The molecule has 3 fully saturated rings. The highest BCUT2D eigenvalue weighted by atomic mass is 16.5. The highest BCUT2D eigenvalue weighted by Gasteiger charge is 2.61. The van der Waals surface area contributed by atoms with Crippen LogP contribution in [0.1, 0.15) is 31.7 Å². The summed E-state index contributed by atoms with van der Waals surface area (Å²) in [5.74, 6) is -1.66. The molecular weight excluding hydrogens is 360 g/mol. The van der Waals surface area contributed by atoms with Crippen molar-refractivity contribution in [1.82, 2.24) is 4.90 Å². The zero-order chi connectivity index (χ0) is 19.8. The number of fused-ring (bicyclic) bond motifs is 5. The number of para-hydroxylation sites is 1. The second-order valence-corrected chi connectivity index (χ2v) is 7.87. The second kappa shape index (κ2) is 7.37.